The van der Waals surface area contributed by atoms with Gasteiger partial charge in [-0.1, -0.05) is 272 Å². The van der Waals surface area contributed by atoms with Crippen molar-refractivity contribution in [2.24, 2.45) is 0 Å². The van der Waals surface area contributed by atoms with Crippen molar-refractivity contribution in [2.45, 2.75) is 6.85 Å². The summed E-state index contributed by atoms with van der Waals surface area (Å²) in [6.07, 6.45) is 4.41. The van der Waals surface area contributed by atoms with Gasteiger partial charge in [-0.15, -0.1) is 0 Å². The molecule has 0 unspecified atom stereocenters. The van der Waals surface area contributed by atoms with Crippen molar-refractivity contribution in [3.05, 3.63) is 357 Å². The fraction of sp³-hybridized carbons (Fsp3) is 0.0118. The molecule has 16 aromatic rings. The number of fused-ring (bicyclic) bond motifs is 4. The fourth-order valence-electron chi connectivity index (χ4n) is 11.2. The molecule has 0 radical (unpaired) electrons. The first kappa shape index (κ1) is 27.0. The largest absolute Gasteiger partial charge is 0.458 e. The Kier molecular flexibility index (Phi) is 6.94. The molecule has 3 aromatic heterocycles. The Hall–Kier alpha value is -11.7. The van der Waals surface area contributed by atoms with E-state index in [0.29, 0.717) is 21.8 Å². The molecule has 0 bridgehead atoms. The molecular weight excluding hydrogens is 1120 g/mol. The lowest BCUT2D eigenvalue weighted by molar-refractivity contribution is -0.571. The Morgan fingerprint density at radius 1 is 0.418 bits per heavy atom. The van der Waals surface area contributed by atoms with E-state index in [2.05, 4.69) is 11.3 Å². The van der Waals surface area contributed by atoms with Gasteiger partial charge in [0.2, 0.25) is 0 Å². The van der Waals surface area contributed by atoms with Crippen molar-refractivity contribution in [2.75, 3.05) is 0 Å². The number of aryl methyl sites for hydroxylation is 1. The van der Waals surface area contributed by atoms with Gasteiger partial charge in [-0.3, -0.25) is 13.7 Å². The molecule has 430 valence electrons. The minimum absolute atomic E-state index is 0.00290. The summed E-state index contributed by atoms with van der Waals surface area (Å²) in [4.78, 5) is 4.68. The number of ether oxygens (including phenoxy) is 1. The molecule has 0 aliphatic heterocycles. The molecule has 0 N–H and O–H groups in total. The maximum Gasteiger partial charge on any atom is 0.269 e. The normalized spacial score (nSPS) is 17.9. The molecule has 13 aromatic carbocycles. The average molecular weight is 1220 g/mol. The SMILES string of the molecule is [2H]c1c([2H])c([2H])c(-c2cnc(-n3c4ccccc4c4ccc(Oc5cccc(-n6[c-][n+](-c7c(-c8c([2H])c(-c9c([2H])c([2H])c([2H])c([2H])c9[2H])c([2H])c(-c9c([2H])c([2H])c([2H])c([2H])c9[2H])c8[2H])cccc7-c7c([2H])c([2H])c([2H])c([Si](c8c([2H])c([2H])c([2H])c([2H])c8[2H])(c8c([2H])c([2H])c([2H])c([2H])c8[2H])c8c([2H])c([2H])c([2H])c([2H])c8[2H])c7[2H])c7ccccc76)c5)cc43)cc2C([2H])([2H])[2H])c([2H])c1[2H]. The third-order valence-corrected chi connectivity index (χ3v) is 19.1. The van der Waals surface area contributed by atoms with E-state index in [1.165, 1.54) is 39.5 Å². The van der Waals surface area contributed by atoms with Crippen LogP contribution in [-0.2, 0) is 0 Å². The van der Waals surface area contributed by atoms with E-state index in [4.69, 9.17) is 28.0 Å². The zero-order chi connectivity index (χ0) is 95.4. The molecule has 3 heterocycles. The predicted molar refractivity (Wildman–Crippen MR) is 378 cm³/mol. The number of hydrogen-bond donors (Lipinski definition) is 0. The van der Waals surface area contributed by atoms with Crippen molar-refractivity contribution in [3.63, 3.8) is 0 Å². The van der Waals surface area contributed by atoms with E-state index in [9.17, 15) is 31.5 Å². The summed E-state index contributed by atoms with van der Waals surface area (Å²) in [5.41, 5.74) is -6.94. The van der Waals surface area contributed by atoms with Crippen LogP contribution in [0.3, 0.4) is 0 Å². The van der Waals surface area contributed by atoms with Gasteiger partial charge < -0.3 is 4.74 Å². The number of imidazole rings is 1. The van der Waals surface area contributed by atoms with Crippen LogP contribution >= 0.6 is 0 Å². The van der Waals surface area contributed by atoms with Gasteiger partial charge in [0.1, 0.15) is 17.3 Å². The molecule has 0 saturated carbocycles. The molecule has 16 rings (SSSR count). The van der Waals surface area contributed by atoms with Crippen LogP contribution in [0.4, 0.5) is 0 Å². The van der Waals surface area contributed by atoms with E-state index in [-0.39, 0.29) is 39.6 Å². The summed E-state index contributed by atoms with van der Waals surface area (Å²) < 4.78 is 385. The highest BCUT2D eigenvalue weighted by Crippen LogP contribution is 2.40. The minimum atomic E-state index is -6.65. The lowest BCUT2D eigenvalue weighted by atomic mass is 9.90. The van der Waals surface area contributed by atoms with E-state index in [0.717, 1.165) is 18.3 Å². The van der Waals surface area contributed by atoms with Gasteiger partial charge in [0.15, 0.2) is 8.07 Å². The maximum absolute atomic E-state index is 11.1. The Bertz CT molecular complexity index is 7360. The summed E-state index contributed by atoms with van der Waals surface area (Å²) in [5.74, 6) is 0.248. The number of aromatic nitrogens is 4. The molecule has 0 aliphatic rings. The maximum atomic E-state index is 11.1. The predicted octanol–water partition coefficient (Wildman–Crippen LogP) is 18.0. The molecule has 91 heavy (non-hydrogen) atoms. The smallest absolute Gasteiger partial charge is 0.269 e. The lowest BCUT2D eigenvalue weighted by Crippen LogP contribution is -2.74. The number of rotatable bonds is 14. The third-order valence-electron chi connectivity index (χ3n) is 15.1. The standard InChI is InChI=1S/C85H60N4OSi/c1-60-51-84(86-58-79(60)63-31-12-4-13-32-63)89-80-46-21-20-43-77(80)78-50-49-70(57-83(78)89)90-69-35-25-34-68(56-69)87-59-88(82-48-23-22-47-81(82)87)85-75(44-26-45-76(85)67-53-65(61-27-8-2-9-28-61)52-66(54-67)62-29-10-3-11-30-62)64-33-24-42-74(55-64)91(71-36-14-5-15-37-71,72-38-16-6-17-39-72)73-40-18-7-19-41-73/h2-58H,1H3/i1D3,2D,3D,4D,5D,6D,7D,8D,9D,10D,11D,12D,13D,14D,15D,16D,17D,18D,19D,24D,27D,28D,29D,30D,31D,32D,33D,36D,37D,38D,39D,40D,41D,42D,52D,53D,54D,55D. The van der Waals surface area contributed by atoms with Crippen LogP contribution in [0.15, 0.2) is 345 Å². The van der Waals surface area contributed by atoms with Gasteiger partial charge in [0.05, 0.1) is 84.2 Å². The molecule has 0 aliphatic carbocycles. The second kappa shape index (κ2) is 23.4. The van der Waals surface area contributed by atoms with Crippen molar-refractivity contribution in [1.29, 1.82) is 0 Å². The van der Waals surface area contributed by atoms with Gasteiger partial charge in [-0.05, 0) is 144 Å². The van der Waals surface area contributed by atoms with Crippen LogP contribution in [0.1, 0.15) is 60.4 Å². The molecule has 0 amide bonds. The number of nitrogens with zero attached hydrogens (tertiary/aromatic N) is 4. The highest BCUT2D eigenvalue weighted by Gasteiger charge is 2.41. The average Bonchev–Trinajstić information content (AvgIpc) is 0.890. The quantitative estimate of drug-likeness (QED) is 0.0471. The fourth-order valence-corrected chi connectivity index (χ4v) is 14.7. The zero-order valence-electron chi connectivity index (χ0n) is 86.7. The molecule has 0 fully saturated rings. The first-order chi connectivity index (χ1) is 61.6. The summed E-state index contributed by atoms with van der Waals surface area (Å²) in [5, 5.41) is -3.55. The molecule has 6 heteroatoms. The van der Waals surface area contributed by atoms with Gasteiger partial charge in [-0.2, -0.15) is 0 Å². The highest BCUT2D eigenvalue weighted by atomic mass is 28.3. The molecule has 0 saturated heterocycles. The lowest BCUT2D eigenvalue weighted by Gasteiger charge is -2.34. The van der Waals surface area contributed by atoms with E-state index < -0.39 is 321 Å². The number of benzene rings is 13. The Labute approximate surface area is 587 Å². The first-order valence-corrected chi connectivity index (χ1v) is 29.7. The molecule has 5 nitrogen and oxygen atoms in total. The van der Waals surface area contributed by atoms with E-state index in [1.54, 1.807) is 71.3 Å². The molecular formula is C85H60N4OSi. The van der Waals surface area contributed by atoms with Crippen LogP contribution in [0, 0.1) is 13.2 Å². The second-order valence-corrected chi connectivity index (χ2v) is 23.7. The molecule has 0 spiro atoms. The number of para-hydroxylation sites is 4. The zero-order valence-corrected chi connectivity index (χ0v) is 47.7. The van der Waals surface area contributed by atoms with Crippen molar-refractivity contribution in [1.82, 2.24) is 14.1 Å². The van der Waals surface area contributed by atoms with Gasteiger partial charge in [-0.25, -0.2) is 4.98 Å². The van der Waals surface area contributed by atoms with Crippen molar-refractivity contribution < 1.29 is 64.1 Å². The summed E-state index contributed by atoms with van der Waals surface area (Å²) in [6.45, 7) is -2.96. The third kappa shape index (κ3) is 9.92. The van der Waals surface area contributed by atoms with Crippen LogP contribution in [-0.4, -0.2) is 22.2 Å². The number of pyridine rings is 1. The summed E-state index contributed by atoms with van der Waals surface area (Å²) in [6, 6.07) is -11.9. The number of hydrogen-bond acceptors (Lipinski definition) is 2. The Balaban J connectivity index is 1.02. The minimum Gasteiger partial charge on any atom is -0.458 e. The van der Waals surface area contributed by atoms with Crippen LogP contribution in [0.5, 0.6) is 11.5 Å². The van der Waals surface area contributed by atoms with Crippen LogP contribution < -0.4 is 30.1 Å². The Morgan fingerprint density at radius 3 is 1.59 bits per heavy atom. The monoisotopic (exact) mass is 1220 g/mol. The first-order valence-electron chi connectivity index (χ1n) is 47.7. The van der Waals surface area contributed by atoms with E-state index >= 15 is 0 Å². The van der Waals surface area contributed by atoms with E-state index in [1.807, 2.05) is 6.07 Å². The van der Waals surface area contributed by atoms with Gasteiger partial charge >= 0.3 is 0 Å². The van der Waals surface area contributed by atoms with Gasteiger partial charge in [0, 0.05) is 32.7 Å². The summed E-state index contributed by atoms with van der Waals surface area (Å²) in [7, 11) is -6.65. The van der Waals surface area contributed by atoms with Gasteiger partial charge in [0.25, 0.3) is 6.33 Å². The molecule has 0 atom stereocenters. The second-order valence-electron chi connectivity index (χ2n) is 20.2. The van der Waals surface area contributed by atoms with Crippen molar-refractivity contribution in [3.8, 4) is 84.3 Å². The van der Waals surface area contributed by atoms with Crippen molar-refractivity contribution >= 4 is 61.7 Å². The summed E-state index contributed by atoms with van der Waals surface area (Å²) >= 11 is 0. The van der Waals surface area contributed by atoms with Crippen LogP contribution in [0.25, 0.3) is 106 Å². The van der Waals surface area contributed by atoms with Crippen LogP contribution in [0.2, 0.25) is 0 Å². The highest BCUT2D eigenvalue weighted by molar-refractivity contribution is 7.19. The topological polar surface area (TPSA) is 35.9 Å². The Morgan fingerprint density at radius 2 is 0.945 bits per heavy atom.